The predicted octanol–water partition coefficient (Wildman–Crippen LogP) is 2.47. The quantitative estimate of drug-likeness (QED) is 0.726. The molecular formula is C18H26N2O4S. The van der Waals surface area contributed by atoms with Crippen LogP contribution in [0.1, 0.15) is 43.0 Å². The minimum atomic E-state index is -3.79. The van der Waals surface area contributed by atoms with Gasteiger partial charge in [-0.2, -0.15) is 0 Å². The van der Waals surface area contributed by atoms with Gasteiger partial charge in [-0.3, -0.25) is 4.79 Å². The van der Waals surface area contributed by atoms with Crippen molar-refractivity contribution in [3.05, 3.63) is 36.4 Å². The zero-order valence-corrected chi connectivity index (χ0v) is 15.6. The molecule has 7 heteroatoms. The second-order valence-corrected chi connectivity index (χ2v) is 8.04. The number of hydrogen-bond donors (Lipinski definition) is 2. The number of amides is 1. The molecule has 0 saturated heterocycles. The van der Waals surface area contributed by atoms with Gasteiger partial charge < -0.3 is 10.1 Å². The number of rotatable bonds is 7. The van der Waals surface area contributed by atoms with E-state index >= 15 is 0 Å². The van der Waals surface area contributed by atoms with Gasteiger partial charge in [-0.1, -0.05) is 25.8 Å². The van der Waals surface area contributed by atoms with Crippen molar-refractivity contribution in [3.63, 3.8) is 0 Å². The highest BCUT2D eigenvalue weighted by Crippen LogP contribution is 2.29. The summed E-state index contributed by atoms with van der Waals surface area (Å²) in [4.78, 5) is 12.1. The van der Waals surface area contributed by atoms with Crippen LogP contribution in [0, 0.1) is 5.92 Å². The number of nitrogens with one attached hydrogen (secondary N) is 2. The van der Waals surface area contributed by atoms with Crippen molar-refractivity contribution in [1.29, 1.82) is 0 Å². The lowest BCUT2D eigenvalue weighted by atomic mass is 9.87. The van der Waals surface area contributed by atoms with Gasteiger partial charge in [0.15, 0.2) is 0 Å². The Hall–Kier alpha value is -1.86. The highest BCUT2D eigenvalue weighted by molar-refractivity contribution is 7.89. The minimum absolute atomic E-state index is 0.0148. The molecule has 0 radical (unpaired) electrons. The maximum atomic E-state index is 12.9. The maximum absolute atomic E-state index is 12.9. The number of methoxy groups -OCH3 is 1. The molecule has 0 aromatic heterocycles. The van der Waals surface area contributed by atoms with Crippen molar-refractivity contribution in [2.75, 3.05) is 13.7 Å². The van der Waals surface area contributed by atoms with Crippen molar-refractivity contribution >= 4 is 15.9 Å². The van der Waals surface area contributed by atoms with Gasteiger partial charge in [-0.25, -0.2) is 13.1 Å². The fraction of sp³-hybridized carbons (Fsp3) is 0.500. The Morgan fingerprint density at radius 2 is 2.08 bits per heavy atom. The third-order valence-corrected chi connectivity index (χ3v) is 6.05. The van der Waals surface area contributed by atoms with Crippen LogP contribution in [-0.4, -0.2) is 34.0 Å². The van der Waals surface area contributed by atoms with Crippen LogP contribution >= 0.6 is 0 Å². The molecule has 1 aliphatic rings. The number of ether oxygens (including phenoxy) is 1. The number of benzene rings is 1. The van der Waals surface area contributed by atoms with E-state index in [1.165, 1.54) is 19.2 Å². The summed E-state index contributed by atoms with van der Waals surface area (Å²) in [5.74, 6) is 0.148. The van der Waals surface area contributed by atoms with Crippen molar-refractivity contribution in [2.24, 2.45) is 5.92 Å². The first kappa shape index (κ1) is 19.5. The molecule has 1 aromatic carbocycles. The van der Waals surface area contributed by atoms with Crippen LogP contribution in [0.5, 0.6) is 5.75 Å². The minimum Gasteiger partial charge on any atom is -0.495 e. The Labute approximate surface area is 149 Å². The first-order valence-electron chi connectivity index (χ1n) is 8.48. The zero-order valence-electron chi connectivity index (χ0n) is 14.7. The van der Waals surface area contributed by atoms with Crippen molar-refractivity contribution in [2.45, 2.75) is 43.5 Å². The third-order valence-electron chi connectivity index (χ3n) is 4.54. The summed E-state index contributed by atoms with van der Waals surface area (Å²) in [6.07, 6.45) is 5.53. The molecule has 1 aliphatic carbocycles. The molecule has 1 amide bonds. The van der Waals surface area contributed by atoms with E-state index in [9.17, 15) is 13.2 Å². The summed E-state index contributed by atoms with van der Waals surface area (Å²) in [5, 5.41) is 2.64. The van der Waals surface area contributed by atoms with Crippen LogP contribution < -0.4 is 14.8 Å². The lowest BCUT2D eigenvalue weighted by Crippen LogP contribution is -2.41. The standard InChI is InChI=1S/C18H26N2O4S/c1-4-11-19-18(21)14-9-10-16(24-3)17(12-14)25(22,23)20-15-8-6-5-7-13(15)2/h4,9-10,12-13,15,20H,1,5-8,11H2,2-3H3,(H,19,21)/t13-,15-/m1/s1. The van der Waals surface area contributed by atoms with E-state index in [-0.39, 0.29) is 34.1 Å². The van der Waals surface area contributed by atoms with Crippen LogP contribution in [-0.2, 0) is 10.0 Å². The smallest absolute Gasteiger partial charge is 0.251 e. The van der Waals surface area contributed by atoms with Crippen molar-refractivity contribution < 1.29 is 17.9 Å². The summed E-state index contributed by atoms with van der Waals surface area (Å²) in [5.41, 5.74) is 0.264. The maximum Gasteiger partial charge on any atom is 0.251 e. The molecule has 1 aromatic rings. The van der Waals surface area contributed by atoms with E-state index in [1.54, 1.807) is 12.1 Å². The number of hydrogen-bond acceptors (Lipinski definition) is 4. The SMILES string of the molecule is C=CCNC(=O)c1ccc(OC)c(S(=O)(=O)N[C@@H]2CCCC[C@H]2C)c1. The fourth-order valence-corrected chi connectivity index (χ4v) is 4.62. The van der Waals surface area contributed by atoms with Crippen LogP contribution in [0.4, 0.5) is 0 Å². The molecule has 2 rings (SSSR count). The van der Waals surface area contributed by atoms with Crippen LogP contribution in [0.2, 0.25) is 0 Å². The first-order valence-corrected chi connectivity index (χ1v) is 9.97. The number of carbonyl (C=O) groups excluding carboxylic acids is 1. The molecule has 0 heterocycles. The van der Waals surface area contributed by atoms with Crippen LogP contribution in [0.25, 0.3) is 0 Å². The Balaban J connectivity index is 2.30. The predicted molar refractivity (Wildman–Crippen MR) is 97.3 cm³/mol. The summed E-state index contributed by atoms with van der Waals surface area (Å²) in [7, 11) is -2.38. The van der Waals surface area contributed by atoms with E-state index in [4.69, 9.17) is 4.74 Å². The van der Waals surface area contributed by atoms with Crippen LogP contribution in [0.3, 0.4) is 0 Å². The molecule has 0 bridgehead atoms. The summed E-state index contributed by atoms with van der Waals surface area (Å²) in [6, 6.07) is 4.30. The average Bonchev–Trinajstić information content (AvgIpc) is 2.61. The molecular weight excluding hydrogens is 340 g/mol. The summed E-state index contributed by atoms with van der Waals surface area (Å²) in [6.45, 7) is 5.91. The lowest BCUT2D eigenvalue weighted by molar-refractivity contribution is 0.0957. The van der Waals surface area contributed by atoms with Gasteiger partial charge in [0.25, 0.3) is 5.91 Å². The normalized spacial score (nSPS) is 20.7. The second-order valence-electron chi connectivity index (χ2n) is 6.35. The van der Waals surface area contributed by atoms with Crippen molar-refractivity contribution in [1.82, 2.24) is 10.0 Å². The number of sulfonamides is 1. The Morgan fingerprint density at radius 3 is 2.72 bits per heavy atom. The molecule has 25 heavy (non-hydrogen) atoms. The molecule has 1 saturated carbocycles. The molecule has 1 fully saturated rings. The topological polar surface area (TPSA) is 84.5 Å². The van der Waals surface area contributed by atoms with Gasteiger partial charge >= 0.3 is 0 Å². The van der Waals surface area contributed by atoms with Crippen molar-refractivity contribution in [3.8, 4) is 5.75 Å². The van der Waals surface area contributed by atoms with E-state index in [0.29, 0.717) is 6.54 Å². The average molecular weight is 366 g/mol. The summed E-state index contributed by atoms with van der Waals surface area (Å²) >= 11 is 0. The van der Waals surface area contributed by atoms with E-state index in [2.05, 4.69) is 23.5 Å². The highest BCUT2D eigenvalue weighted by atomic mass is 32.2. The second kappa shape index (κ2) is 8.49. The largest absolute Gasteiger partial charge is 0.495 e. The van der Waals surface area contributed by atoms with Crippen LogP contribution in [0.15, 0.2) is 35.7 Å². The number of carbonyl (C=O) groups is 1. The molecule has 2 atom stereocenters. The Bertz CT molecular complexity index is 731. The molecule has 0 unspecified atom stereocenters. The summed E-state index contributed by atoms with van der Waals surface area (Å²) < 4.78 is 33.7. The molecule has 138 valence electrons. The van der Waals surface area contributed by atoms with E-state index in [0.717, 1.165) is 25.7 Å². The molecule has 2 N–H and O–H groups in total. The van der Waals surface area contributed by atoms with Gasteiger partial charge in [0.05, 0.1) is 7.11 Å². The Kier molecular flexibility index (Phi) is 6.61. The lowest BCUT2D eigenvalue weighted by Gasteiger charge is -2.29. The highest BCUT2D eigenvalue weighted by Gasteiger charge is 2.29. The Morgan fingerprint density at radius 1 is 1.36 bits per heavy atom. The molecule has 6 nitrogen and oxygen atoms in total. The van der Waals surface area contributed by atoms with E-state index in [1.807, 2.05) is 0 Å². The fourth-order valence-electron chi connectivity index (χ4n) is 3.05. The van der Waals surface area contributed by atoms with Gasteiger partial charge in [0.2, 0.25) is 10.0 Å². The van der Waals surface area contributed by atoms with Gasteiger partial charge in [0.1, 0.15) is 10.6 Å². The van der Waals surface area contributed by atoms with E-state index < -0.39 is 10.0 Å². The van der Waals surface area contributed by atoms with Gasteiger partial charge in [-0.05, 0) is 37.0 Å². The molecule has 0 spiro atoms. The molecule has 0 aliphatic heterocycles. The first-order chi connectivity index (χ1) is 11.9. The monoisotopic (exact) mass is 366 g/mol. The van der Waals surface area contributed by atoms with Gasteiger partial charge in [-0.15, -0.1) is 6.58 Å². The third kappa shape index (κ3) is 4.83. The van der Waals surface area contributed by atoms with Gasteiger partial charge in [0, 0.05) is 18.2 Å². The zero-order chi connectivity index (χ0) is 18.4.